The molecule has 2 heteroatoms. The Bertz CT molecular complexity index is 699. The largest absolute Gasteiger partial charge is 0.103 e. The maximum atomic E-state index is 3.91. The zero-order chi connectivity index (χ0) is 15.2. The van der Waals surface area contributed by atoms with E-state index >= 15 is 0 Å². The summed E-state index contributed by atoms with van der Waals surface area (Å²) >= 11 is 0. The first-order valence-corrected chi connectivity index (χ1v) is 8.83. The molecular weight excluding hydrogens is 391 g/mol. The fourth-order valence-corrected chi connectivity index (χ4v) is 5.12. The predicted molar refractivity (Wildman–Crippen MR) is 99.0 cm³/mol. The van der Waals surface area contributed by atoms with Gasteiger partial charge in [0.2, 0.25) is 0 Å². The van der Waals surface area contributed by atoms with Gasteiger partial charge < -0.3 is 0 Å². The van der Waals surface area contributed by atoms with E-state index in [1.807, 2.05) is 6.08 Å². The first kappa shape index (κ1) is 17.9. The van der Waals surface area contributed by atoms with Gasteiger partial charge in [0.25, 0.3) is 0 Å². The van der Waals surface area contributed by atoms with Crippen molar-refractivity contribution < 1.29 is 22.4 Å². The minimum atomic E-state index is -0.526. The van der Waals surface area contributed by atoms with Crippen molar-refractivity contribution in [1.29, 1.82) is 0 Å². The van der Waals surface area contributed by atoms with E-state index in [4.69, 9.17) is 0 Å². The third kappa shape index (κ3) is 4.31. The SMILES string of the molecule is C=CCc1ccccc1P(c1ccccc1)c1ccccc1.[Ag]. The van der Waals surface area contributed by atoms with E-state index in [-0.39, 0.29) is 22.4 Å². The average Bonchev–Trinajstić information content (AvgIpc) is 2.59. The second kappa shape index (κ2) is 9.01. The van der Waals surface area contributed by atoms with E-state index < -0.39 is 7.92 Å². The molecule has 0 aromatic heterocycles. The summed E-state index contributed by atoms with van der Waals surface area (Å²) in [6.07, 6.45) is 2.90. The van der Waals surface area contributed by atoms with Crippen LogP contribution in [0.25, 0.3) is 0 Å². The molecule has 3 aromatic rings. The van der Waals surface area contributed by atoms with Crippen LogP contribution in [0.2, 0.25) is 0 Å². The van der Waals surface area contributed by atoms with Gasteiger partial charge in [-0.3, -0.25) is 0 Å². The second-order valence-electron chi connectivity index (χ2n) is 5.13. The van der Waals surface area contributed by atoms with Crippen molar-refractivity contribution in [3.63, 3.8) is 0 Å². The van der Waals surface area contributed by atoms with Gasteiger partial charge in [-0.2, -0.15) is 0 Å². The van der Waals surface area contributed by atoms with E-state index in [9.17, 15) is 0 Å². The molecule has 0 heterocycles. The Hall–Kier alpha value is -1.43. The number of rotatable bonds is 5. The van der Waals surface area contributed by atoms with Crippen LogP contribution in [0.4, 0.5) is 0 Å². The molecule has 0 amide bonds. The normalized spacial score (nSPS) is 10.1. The van der Waals surface area contributed by atoms with Gasteiger partial charge in [0.1, 0.15) is 0 Å². The van der Waals surface area contributed by atoms with Gasteiger partial charge in [0.15, 0.2) is 0 Å². The van der Waals surface area contributed by atoms with E-state index in [0.29, 0.717) is 0 Å². The molecule has 23 heavy (non-hydrogen) atoms. The summed E-state index contributed by atoms with van der Waals surface area (Å²) in [7, 11) is -0.526. The quantitative estimate of drug-likeness (QED) is 0.337. The summed E-state index contributed by atoms with van der Waals surface area (Å²) in [4.78, 5) is 0. The Morgan fingerprint density at radius 3 is 1.70 bits per heavy atom. The van der Waals surface area contributed by atoms with Crippen molar-refractivity contribution in [3.05, 3.63) is 103 Å². The Kier molecular flexibility index (Phi) is 7.02. The molecule has 1 radical (unpaired) electrons. The van der Waals surface area contributed by atoms with Gasteiger partial charge in [-0.1, -0.05) is 91.0 Å². The zero-order valence-electron chi connectivity index (χ0n) is 12.8. The van der Waals surface area contributed by atoms with Crippen molar-refractivity contribution in [2.24, 2.45) is 0 Å². The molecule has 0 spiro atoms. The van der Waals surface area contributed by atoms with Crippen LogP contribution in [0.1, 0.15) is 5.56 Å². The molecule has 119 valence electrons. The summed E-state index contributed by atoms with van der Waals surface area (Å²) in [5, 5.41) is 4.20. The Morgan fingerprint density at radius 1 is 0.696 bits per heavy atom. The van der Waals surface area contributed by atoms with E-state index in [2.05, 4.69) is 91.5 Å². The van der Waals surface area contributed by atoms with Crippen LogP contribution in [0.15, 0.2) is 97.6 Å². The van der Waals surface area contributed by atoms with Crippen molar-refractivity contribution in [1.82, 2.24) is 0 Å². The summed E-state index contributed by atoms with van der Waals surface area (Å²) in [6, 6.07) is 30.4. The molecule has 3 aromatic carbocycles. The Morgan fingerprint density at radius 2 is 1.17 bits per heavy atom. The third-order valence-electron chi connectivity index (χ3n) is 3.63. The number of benzene rings is 3. The molecule has 0 nitrogen and oxygen atoms in total. The second-order valence-corrected chi connectivity index (χ2v) is 7.31. The smallest absolute Gasteiger partial charge is 0 e. The molecule has 0 bridgehead atoms. The average molecular weight is 410 g/mol. The summed E-state index contributed by atoms with van der Waals surface area (Å²) in [5.74, 6) is 0. The van der Waals surface area contributed by atoms with Gasteiger partial charge in [-0.15, -0.1) is 6.58 Å². The summed E-state index contributed by atoms with van der Waals surface area (Å²) in [6.45, 7) is 3.91. The maximum absolute atomic E-state index is 3.91. The van der Waals surface area contributed by atoms with Crippen LogP contribution in [0.5, 0.6) is 0 Å². The minimum absolute atomic E-state index is 0. The minimum Gasteiger partial charge on any atom is -0.103 e. The number of hydrogen-bond acceptors (Lipinski definition) is 0. The number of allylic oxidation sites excluding steroid dienone is 1. The molecule has 0 aliphatic heterocycles. The Balaban J connectivity index is 0.00000192. The van der Waals surface area contributed by atoms with Crippen molar-refractivity contribution in [2.75, 3.05) is 0 Å². The summed E-state index contributed by atoms with van der Waals surface area (Å²) in [5.41, 5.74) is 1.37. The first-order valence-electron chi connectivity index (χ1n) is 7.49. The molecule has 0 aliphatic rings. The van der Waals surface area contributed by atoms with Gasteiger partial charge in [-0.05, 0) is 35.8 Å². The predicted octanol–water partition coefficient (Wildman–Crippen LogP) is 4.17. The molecule has 0 aliphatic carbocycles. The molecule has 0 atom stereocenters. The van der Waals surface area contributed by atoms with E-state index in [1.54, 1.807) is 0 Å². The molecule has 0 saturated heterocycles. The zero-order valence-corrected chi connectivity index (χ0v) is 15.2. The van der Waals surface area contributed by atoms with Crippen molar-refractivity contribution in [2.45, 2.75) is 6.42 Å². The van der Waals surface area contributed by atoms with Crippen LogP contribution in [-0.4, -0.2) is 0 Å². The molecule has 0 N–H and O–H groups in total. The van der Waals surface area contributed by atoms with Gasteiger partial charge in [0, 0.05) is 22.4 Å². The topological polar surface area (TPSA) is 0 Å². The molecule has 0 unspecified atom stereocenters. The van der Waals surface area contributed by atoms with Gasteiger partial charge in [-0.25, -0.2) is 0 Å². The van der Waals surface area contributed by atoms with Crippen molar-refractivity contribution >= 4 is 23.8 Å². The van der Waals surface area contributed by atoms with Crippen LogP contribution in [-0.2, 0) is 28.8 Å². The molecule has 3 rings (SSSR count). The van der Waals surface area contributed by atoms with E-state index in [1.165, 1.54) is 21.5 Å². The Labute approximate surface area is 155 Å². The van der Waals surface area contributed by atoms with Gasteiger partial charge in [0.05, 0.1) is 0 Å². The van der Waals surface area contributed by atoms with Crippen LogP contribution < -0.4 is 15.9 Å². The fraction of sp³-hybridized carbons (Fsp3) is 0.0476. The number of hydrogen-bond donors (Lipinski definition) is 0. The van der Waals surface area contributed by atoms with Crippen LogP contribution in [0.3, 0.4) is 0 Å². The monoisotopic (exact) mass is 409 g/mol. The van der Waals surface area contributed by atoms with Gasteiger partial charge >= 0.3 is 0 Å². The third-order valence-corrected chi connectivity index (χ3v) is 6.17. The maximum Gasteiger partial charge on any atom is 0 e. The molecule has 0 fully saturated rings. The fourth-order valence-electron chi connectivity index (χ4n) is 2.64. The summed E-state index contributed by atoms with van der Waals surface area (Å²) < 4.78 is 0. The standard InChI is InChI=1S/C21H19P.Ag/c1-2-11-18-12-9-10-17-21(18)22(19-13-5-3-6-14-19)20-15-7-4-8-16-20;/h2-10,12-17H,1,11H2;. The van der Waals surface area contributed by atoms with Crippen molar-refractivity contribution in [3.8, 4) is 0 Å². The van der Waals surface area contributed by atoms with Crippen LogP contribution >= 0.6 is 7.92 Å². The molecular formula is C21H19AgP. The van der Waals surface area contributed by atoms with E-state index in [0.717, 1.165) is 6.42 Å². The van der Waals surface area contributed by atoms with Crippen LogP contribution in [0, 0.1) is 0 Å². The molecule has 0 saturated carbocycles. The first-order chi connectivity index (χ1) is 10.9.